The molecule has 0 heterocycles. The first-order valence-corrected chi connectivity index (χ1v) is 4.98. The van der Waals surface area contributed by atoms with Crippen LogP contribution in [0.15, 0.2) is 28.7 Å². The molecule has 1 aromatic carbocycles. The van der Waals surface area contributed by atoms with E-state index < -0.39 is 11.5 Å². The van der Waals surface area contributed by atoms with Gasteiger partial charge < -0.3 is 10.4 Å². The highest BCUT2D eigenvalue weighted by Crippen LogP contribution is 2.16. The quantitative estimate of drug-likeness (QED) is 0.853. The molecule has 0 saturated heterocycles. The molecule has 1 rings (SSSR count). The number of benzene rings is 1. The second kappa shape index (κ2) is 4.11. The number of aliphatic hydroxyl groups is 1. The predicted octanol–water partition coefficient (Wildman–Crippen LogP) is 2.16. The van der Waals surface area contributed by atoms with E-state index in [0.29, 0.717) is 5.69 Å². The van der Waals surface area contributed by atoms with E-state index in [0.717, 1.165) is 4.47 Å². The van der Waals surface area contributed by atoms with E-state index in [1.165, 1.54) is 13.8 Å². The number of anilines is 1. The number of rotatable bonds is 2. The molecule has 2 N–H and O–H groups in total. The van der Waals surface area contributed by atoms with E-state index in [1.807, 2.05) is 12.1 Å². The topological polar surface area (TPSA) is 49.3 Å². The Labute approximate surface area is 91.3 Å². The fourth-order valence-corrected chi connectivity index (χ4v) is 1.25. The molecule has 0 saturated carbocycles. The van der Waals surface area contributed by atoms with E-state index in [9.17, 15) is 9.90 Å². The summed E-state index contributed by atoms with van der Waals surface area (Å²) in [7, 11) is 0. The number of nitrogens with one attached hydrogen (secondary N) is 1. The number of hydrogen-bond acceptors (Lipinski definition) is 2. The highest BCUT2D eigenvalue weighted by molar-refractivity contribution is 9.10. The molecule has 0 aliphatic carbocycles. The predicted molar refractivity (Wildman–Crippen MR) is 59.1 cm³/mol. The van der Waals surface area contributed by atoms with Gasteiger partial charge in [-0.2, -0.15) is 0 Å². The van der Waals surface area contributed by atoms with Crippen LogP contribution in [0.3, 0.4) is 0 Å². The van der Waals surface area contributed by atoms with Crippen molar-refractivity contribution in [3.05, 3.63) is 28.7 Å². The molecule has 0 unspecified atom stereocenters. The van der Waals surface area contributed by atoms with Crippen LogP contribution in [0, 0.1) is 0 Å². The van der Waals surface area contributed by atoms with Crippen LogP contribution >= 0.6 is 15.9 Å². The zero-order chi connectivity index (χ0) is 10.8. The normalized spacial score (nSPS) is 11.1. The maximum Gasteiger partial charge on any atom is 0.255 e. The Balaban J connectivity index is 2.75. The molecule has 0 fully saturated rings. The number of hydrogen-bond donors (Lipinski definition) is 2. The Hall–Kier alpha value is -0.870. The lowest BCUT2D eigenvalue weighted by atomic mass is 10.1. The van der Waals surface area contributed by atoms with Gasteiger partial charge in [0.2, 0.25) is 0 Å². The molecular weight excluding hydrogens is 246 g/mol. The minimum Gasteiger partial charge on any atom is -0.381 e. The molecule has 76 valence electrons. The molecule has 0 spiro atoms. The summed E-state index contributed by atoms with van der Waals surface area (Å²) in [6, 6.07) is 7.20. The summed E-state index contributed by atoms with van der Waals surface area (Å²) in [5, 5.41) is 12.0. The Kier molecular flexibility index (Phi) is 3.29. The highest BCUT2D eigenvalue weighted by Gasteiger charge is 2.23. The van der Waals surface area contributed by atoms with Crippen LogP contribution < -0.4 is 5.32 Å². The second-order valence-electron chi connectivity index (χ2n) is 3.52. The molecule has 4 heteroatoms. The largest absolute Gasteiger partial charge is 0.381 e. The van der Waals surface area contributed by atoms with Crippen molar-refractivity contribution in [1.82, 2.24) is 0 Å². The van der Waals surface area contributed by atoms with Crippen molar-refractivity contribution in [2.45, 2.75) is 19.4 Å². The van der Waals surface area contributed by atoms with Gasteiger partial charge in [-0.25, -0.2) is 0 Å². The van der Waals surface area contributed by atoms with Crippen LogP contribution in [0.25, 0.3) is 0 Å². The second-order valence-corrected chi connectivity index (χ2v) is 4.44. The Morgan fingerprint density at radius 1 is 1.50 bits per heavy atom. The van der Waals surface area contributed by atoms with Gasteiger partial charge in [0.05, 0.1) is 0 Å². The zero-order valence-corrected chi connectivity index (χ0v) is 9.63. The molecule has 0 bridgehead atoms. The average molecular weight is 258 g/mol. The van der Waals surface area contributed by atoms with Gasteiger partial charge in [-0.05, 0) is 32.0 Å². The third-order valence-electron chi connectivity index (χ3n) is 1.64. The van der Waals surface area contributed by atoms with Gasteiger partial charge in [-0.1, -0.05) is 22.0 Å². The molecule has 1 amide bonds. The number of carbonyl (C=O) groups is 1. The lowest BCUT2D eigenvalue weighted by molar-refractivity contribution is -0.130. The van der Waals surface area contributed by atoms with Gasteiger partial charge in [0.15, 0.2) is 0 Å². The van der Waals surface area contributed by atoms with Gasteiger partial charge in [-0.15, -0.1) is 0 Å². The van der Waals surface area contributed by atoms with Crippen molar-refractivity contribution in [2.75, 3.05) is 5.32 Å². The van der Waals surface area contributed by atoms with Gasteiger partial charge in [-0.3, -0.25) is 4.79 Å². The number of carbonyl (C=O) groups excluding carboxylic acids is 1. The minimum absolute atomic E-state index is 0.421. The summed E-state index contributed by atoms with van der Waals surface area (Å²) in [5.74, 6) is -0.421. The van der Waals surface area contributed by atoms with Crippen LogP contribution in [-0.2, 0) is 4.79 Å². The van der Waals surface area contributed by atoms with E-state index in [4.69, 9.17) is 0 Å². The molecule has 1 aromatic rings. The van der Waals surface area contributed by atoms with Crippen LogP contribution in [0.4, 0.5) is 5.69 Å². The van der Waals surface area contributed by atoms with Crippen molar-refractivity contribution in [1.29, 1.82) is 0 Å². The summed E-state index contributed by atoms with van der Waals surface area (Å²) in [4.78, 5) is 11.4. The monoisotopic (exact) mass is 257 g/mol. The maximum atomic E-state index is 11.4. The third-order valence-corrected chi connectivity index (χ3v) is 2.13. The van der Waals surface area contributed by atoms with Gasteiger partial charge in [0.1, 0.15) is 5.60 Å². The zero-order valence-electron chi connectivity index (χ0n) is 8.04. The molecule has 0 aliphatic rings. The number of amides is 1. The average Bonchev–Trinajstić information content (AvgIpc) is 2.02. The van der Waals surface area contributed by atoms with Crippen molar-refractivity contribution in [3.8, 4) is 0 Å². The van der Waals surface area contributed by atoms with E-state index in [2.05, 4.69) is 21.2 Å². The SMILES string of the molecule is CC(C)(O)C(=O)Nc1cccc(Br)c1. The van der Waals surface area contributed by atoms with E-state index in [-0.39, 0.29) is 0 Å². The standard InChI is InChI=1S/C10H12BrNO2/c1-10(2,14)9(13)12-8-5-3-4-7(11)6-8/h3-6,14H,1-2H3,(H,12,13). The lowest BCUT2D eigenvalue weighted by Gasteiger charge is -2.16. The first-order valence-electron chi connectivity index (χ1n) is 4.19. The summed E-state index contributed by atoms with van der Waals surface area (Å²) >= 11 is 3.29. The van der Waals surface area contributed by atoms with Crippen LogP contribution in [0.2, 0.25) is 0 Å². The fraction of sp³-hybridized carbons (Fsp3) is 0.300. The molecule has 14 heavy (non-hydrogen) atoms. The lowest BCUT2D eigenvalue weighted by Crippen LogP contribution is -2.36. The highest BCUT2D eigenvalue weighted by atomic mass is 79.9. The van der Waals surface area contributed by atoms with Crippen molar-refractivity contribution in [2.24, 2.45) is 0 Å². The molecule has 0 radical (unpaired) electrons. The number of halogens is 1. The first kappa shape index (κ1) is 11.2. The molecule has 3 nitrogen and oxygen atoms in total. The van der Waals surface area contributed by atoms with Crippen LogP contribution in [0.1, 0.15) is 13.8 Å². The maximum absolute atomic E-state index is 11.4. The molecule has 0 aromatic heterocycles. The van der Waals surface area contributed by atoms with Gasteiger partial charge in [0, 0.05) is 10.2 Å². The smallest absolute Gasteiger partial charge is 0.255 e. The Morgan fingerprint density at radius 3 is 2.64 bits per heavy atom. The summed E-state index contributed by atoms with van der Waals surface area (Å²) < 4.78 is 0.881. The van der Waals surface area contributed by atoms with Crippen LogP contribution in [0.5, 0.6) is 0 Å². The minimum atomic E-state index is -1.36. The van der Waals surface area contributed by atoms with Gasteiger partial charge >= 0.3 is 0 Å². The summed E-state index contributed by atoms with van der Waals surface area (Å²) in [5.41, 5.74) is -0.700. The van der Waals surface area contributed by atoms with E-state index >= 15 is 0 Å². The first-order chi connectivity index (χ1) is 6.39. The van der Waals surface area contributed by atoms with Crippen molar-refractivity contribution in [3.63, 3.8) is 0 Å². The van der Waals surface area contributed by atoms with Crippen molar-refractivity contribution < 1.29 is 9.90 Å². The summed E-state index contributed by atoms with van der Waals surface area (Å²) in [6.45, 7) is 2.89. The Morgan fingerprint density at radius 2 is 2.14 bits per heavy atom. The third kappa shape index (κ3) is 3.12. The fourth-order valence-electron chi connectivity index (χ4n) is 0.850. The Bertz CT molecular complexity index is 344. The summed E-state index contributed by atoms with van der Waals surface area (Å²) in [6.07, 6.45) is 0. The van der Waals surface area contributed by atoms with Crippen molar-refractivity contribution >= 4 is 27.5 Å². The van der Waals surface area contributed by atoms with Gasteiger partial charge in [0.25, 0.3) is 5.91 Å². The van der Waals surface area contributed by atoms with E-state index in [1.54, 1.807) is 12.1 Å². The molecule has 0 aliphatic heterocycles. The molecule has 0 atom stereocenters. The molecular formula is C10H12BrNO2. The van der Waals surface area contributed by atoms with Crippen LogP contribution in [-0.4, -0.2) is 16.6 Å².